The van der Waals surface area contributed by atoms with E-state index >= 15 is 0 Å². The zero-order chi connectivity index (χ0) is 8.81. The first kappa shape index (κ1) is 9.30. The normalized spacial score (nSPS) is 21.1. The van der Waals surface area contributed by atoms with Crippen molar-refractivity contribution in [3.05, 3.63) is 11.3 Å². The number of nitrogens with two attached hydrogens (primary N) is 1. The van der Waals surface area contributed by atoms with E-state index in [1.807, 2.05) is 6.21 Å². The fourth-order valence-corrected chi connectivity index (χ4v) is 1.61. The Labute approximate surface area is 74.6 Å². The standard InChI is InChI=1S/C10H18N2/c1-12-8-9-6-4-2-3-5-7-10(9)11/h8H,2-7,11H2,1H3. The highest BCUT2D eigenvalue weighted by Gasteiger charge is 2.04. The number of aliphatic imine (C=N–C) groups is 1. The summed E-state index contributed by atoms with van der Waals surface area (Å²) < 4.78 is 0. The summed E-state index contributed by atoms with van der Waals surface area (Å²) in [6, 6.07) is 0. The van der Waals surface area contributed by atoms with E-state index in [1.165, 1.54) is 31.3 Å². The molecule has 2 N–H and O–H groups in total. The van der Waals surface area contributed by atoms with Gasteiger partial charge in [-0.1, -0.05) is 12.8 Å². The van der Waals surface area contributed by atoms with Gasteiger partial charge in [-0.15, -0.1) is 0 Å². The van der Waals surface area contributed by atoms with E-state index in [9.17, 15) is 0 Å². The average molecular weight is 166 g/mol. The van der Waals surface area contributed by atoms with E-state index in [2.05, 4.69) is 4.99 Å². The largest absolute Gasteiger partial charge is 0.402 e. The van der Waals surface area contributed by atoms with Gasteiger partial charge in [-0.3, -0.25) is 4.99 Å². The summed E-state index contributed by atoms with van der Waals surface area (Å²) in [5.41, 5.74) is 8.24. The molecule has 0 heterocycles. The SMILES string of the molecule is CN=CC1=C(N)CCCCCC1. The fraction of sp³-hybridized carbons (Fsp3) is 0.700. The molecule has 68 valence electrons. The van der Waals surface area contributed by atoms with Crippen LogP contribution in [0.1, 0.15) is 38.5 Å². The Balaban J connectivity index is 2.66. The summed E-state index contributed by atoms with van der Waals surface area (Å²) in [5.74, 6) is 0. The molecule has 12 heavy (non-hydrogen) atoms. The van der Waals surface area contributed by atoms with Crippen molar-refractivity contribution in [2.24, 2.45) is 10.7 Å². The molecule has 0 saturated carbocycles. The second-order valence-corrected chi connectivity index (χ2v) is 3.35. The van der Waals surface area contributed by atoms with Gasteiger partial charge in [0.15, 0.2) is 0 Å². The summed E-state index contributed by atoms with van der Waals surface area (Å²) >= 11 is 0. The van der Waals surface area contributed by atoms with Gasteiger partial charge in [0.2, 0.25) is 0 Å². The monoisotopic (exact) mass is 166 g/mol. The summed E-state index contributed by atoms with van der Waals surface area (Å²) in [7, 11) is 1.80. The summed E-state index contributed by atoms with van der Waals surface area (Å²) in [4.78, 5) is 4.02. The molecule has 0 unspecified atom stereocenters. The predicted molar refractivity (Wildman–Crippen MR) is 53.3 cm³/mol. The first-order chi connectivity index (χ1) is 5.84. The van der Waals surface area contributed by atoms with Crippen molar-refractivity contribution < 1.29 is 0 Å². The van der Waals surface area contributed by atoms with E-state index in [0.29, 0.717) is 0 Å². The van der Waals surface area contributed by atoms with Crippen molar-refractivity contribution in [2.75, 3.05) is 7.05 Å². The van der Waals surface area contributed by atoms with Crippen molar-refractivity contribution in [1.29, 1.82) is 0 Å². The lowest BCUT2D eigenvalue weighted by atomic mass is 9.98. The Morgan fingerprint density at radius 3 is 2.50 bits per heavy atom. The third kappa shape index (κ3) is 2.68. The van der Waals surface area contributed by atoms with Crippen LogP contribution in [0.25, 0.3) is 0 Å². The van der Waals surface area contributed by atoms with Gasteiger partial charge in [-0.25, -0.2) is 0 Å². The minimum Gasteiger partial charge on any atom is -0.402 e. The first-order valence-electron chi connectivity index (χ1n) is 4.74. The maximum Gasteiger partial charge on any atom is 0.0277 e. The Morgan fingerprint density at radius 2 is 1.83 bits per heavy atom. The van der Waals surface area contributed by atoms with Crippen LogP contribution in [0.4, 0.5) is 0 Å². The van der Waals surface area contributed by atoms with Gasteiger partial charge in [0.05, 0.1) is 0 Å². The van der Waals surface area contributed by atoms with Crippen LogP contribution in [0.5, 0.6) is 0 Å². The summed E-state index contributed by atoms with van der Waals surface area (Å²) in [6.07, 6.45) is 9.27. The maximum absolute atomic E-state index is 5.92. The number of nitrogens with zero attached hydrogens (tertiary/aromatic N) is 1. The first-order valence-corrected chi connectivity index (χ1v) is 4.74. The molecular formula is C10H18N2. The molecule has 0 fully saturated rings. The number of rotatable bonds is 1. The minimum atomic E-state index is 1.06. The van der Waals surface area contributed by atoms with Crippen molar-refractivity contribution in [1.82, 2.24) is 0 Å². The summed E-state index contributed by atoms with van der Waals surface area (Å²) in [5, 5.41) is 0. The second-order valence-electron chi connectivity index (χ2n) is 3.35. The van der Waals surface area contributed by atoms with Gasteiger partial charge in [0.1, 0.15) is 0 Å². The minimum absolute atomic E-state index is 1.06. The highest BCUT2D eigenvalue weighted by Crippen LogP contribution is 2.18. The van der Waals surface area contributed by atoms with Gasteiger partial charge in [0, 0.05) is 19.0 Å². The van der Waals surface area contributed by atoms with E-state index in [4.69, 9.17) is 5.73 Å². The molecule has 0 atom stereocenters. The van der Waals surface area contributed by atoms with Crippen molar-refractivity contribution in [3.8, 4) is 0 Å². The smallest absolute Gasteiger partial charge is 0.0277 e. The molecule has 0 bridgehead atoms. The van der Waals surface area contributed by atoms with E-state index in [-0.39, 0.29) is 0 Å². The molecule has 1 aliphatic carbocycles. The fourth-order valence-electron chi connectivity index (χ4n) is 1.61. The van der Waals surface area contributed by atoms with Crippen LogP contribution in [0, 0.1) is 0 Å². The van der Waals surface area contributed by atoms with Crippen LogP contribution in [0.15, 0.2) is 16.3 Å². The van der Waals surface area contributed by atoms with Gasteiger partial charge < -0.3 is 5.73 Å². The van der Waals surface area contributed by atoms with Crippen LogP contribution in [-0.4, -0.2) is 13.3 Å². The molecule has 0 saturated heterocycles. The molecule has 0 aromatic rings. The van der Waals surface area contributed by atoms with Crippen LogP contribution in [-0.2, 0) is 0 Å². The Bertz CT molecular complexity index is 192. The molecule has 1 aliphatic rings. The second kappa shape index (κ2) is 4.96. The average Bonchev–Trinajstić information content (AvgIpc) is 2.05. The highest BCUT2D eigenvalue weighted by molar-refractivity contribution is 5.79. The number of hydrogen-bond donors (Lipinski definition) is 1. The lowest BCUT2D eigenvalue weighted by molar-refractivity contribution is 0.617. The molecule has 0 amide bonds. The van der Waals surface area contributed by atoms with E-state index in [1.54, 1.807) is 7.05 Å². The topological polar surface area (TPSA) is 38.4 Å². The van der Waals surface area contributed by atoms with E-state index in [0.717, 1.165) is 18.5 Å². The lowest BCUT2D eigenvalue weighted by Gasteiger charge is -2.11. The lowest BCUT2D eigenvalue weighted by Crippen LogP contribution is -2.06. The molecule has 0 spiro atoms. The number of hydrogen-bond acceptors (Lipinski definition) is 2. The highest BCUT2D eigenvalue weighted by atomic mass is 14.7. The van der Waals surface area contributed by atoms with Crippen LogP contribution in [0.2, 0.25) is 0 Å². The van der Waals surface area contributed by atoms with Gasteiger partial charge in [-0.05, 0) is 31.3 Å². The zero-order valence-electron chi connectivity index (χ0n) is 7.84. The Hall–Kier alpha value is -0.790. The quantitative estimate of drug-likeness (QED) is 0.596. The van der Waals surface area contributed by atoms with Crippen LogP contribution < -0.4 is 5.73 Å². The van der Waals surface area contributed by atoms with Crippen LogP contribution >= 0.6 is 0 Å². The third-order valence-electron chi connectivity index (χ3n) is 2.34. The Morgan fingerprint density at radius 1 is 1.17 bits per heavy atom. The van der Waals surface area contributed by atoms with Gasteiger partial charge in [0.25, 0.3) is 0 Å². The molecule has 0 radical (unpaired) electrons. The van der Waals surface area contributed by atoms with Gasteiger partial charge >= 0.3 is 0 Å². The van der Waals surface area contributed by atoms with Crippen molar-refractivity contribution in [2.45, 2.75) is 38.5 Å². The zero-order valence-corrected chi connectivity index (χ0v) is 7.84. The predicted octanol–water partition coefficient (Wildman–Crippen LogP) is 2.25. The molecule has 0 aliphatic heterocycles. The summed E-state index contributed by atoms with van der Waals surface area (Å²) in [6.45, 7) is 0. The van der Waals surface area contributed by atoms with E-state index < -0.39 is 0 Å². The third-order valence-corrected chi connectivity index (χ3v) is 2.34. The Kier molecular flexibility index (Phi) is 3.85. The van der Waals surface area contributed by atoms with Crippen LogP contribution in [0.3, 0.4) is 0 Å². The molecule has 2 nitrogen and oxygen atoms in total. The molecule has 0 aromatic carbocycles. The molecule has 1 rings (SSSR count). The molecule has 2 heteroatoms. The maximum atomic E-state index is 5.92. The van der Waals surface area contributed by atoms with Gasteiger partial charge in [-0.2, -0.15) is 0 Å². The van der Waals surface area contributed by atoms with Crippen molar-refractivity contribution in [3.63, 3.8) is 0 Å². The number of allylic oxidation sites excluding steroid dienone is 2. The van der Waals surface area contributed by atoms with Crippen molar-refractivity contribution >= 4 is 6.21 Å². The molecular weight excluding hydrogens is 148 g/mol. The molecule has 0 aromatic heterocycles.